The van der Waals surface area contributed by atoms with Gasteiger partial charge in [-0.05, 0) is 6.42 Å². The van der Waals surface area contributed by atoms with Gasteiger partial charge in [-0.25, -0.2) is 4.74 Å². The van der Waals surface area contributed by atoms with Crippen molar-refractivity contribution in [1.82, 2.24) is 0 Å². The number of halogens is 11. The Bertz CT molecular complexity index is 503. The molecule has 0 aliphatic rings. The molecule has 29 heavy (non-hydrogen) atoms. The molecule has 0 aromatic heterocycles. The molecular formula is C12H17F11O5Si. The molecule has 0 aromatic carbocycles. The summed E-state index contributed by atoms with van der Waals surface area (Å²) in [5.41, 5.74) is 0. The molecule has 0 saturated carbocycles. The van der Waals surface area contributed by atoms with Crippen LogP contribution in [0, 0.1) is 0 Å². The number of rotatable bonds is 13. The van der Waals surface area contributed by atoms with Crippen LogP contribution in [0.25, 0.3) is 0 Å². The Kier molecular flexibility index (Phi) is 9.34. The Labute approximate surface area is 158 Å². The second kappa shape index (κ2) is 9.59. The maximum atomic E-state index is 13.4. The summed E-state index contributed by atoms with van der Waals surface area (Å²) >= 11 is 0. The van der Waals surface area contributed by atoms with Crippen LogP contribution >= 0.6 is 0 Å². The van der Waals surface area contributed by atoms with Gasteiger partial charge in [0.05, 0.1) is 0 Å². The van der Waals surface area contributed by atoms with Gasteiger partial charge in [-0.3, -0.25) is 0 Å². The van der Waals surface area contributed by atoms with Crippen LogP contribution in [0.5, 0.6) is 0 Å². The Morgan fingerprint density at radius 1 is 0.690 bits per heavy atom. The lowest BCUT2D eigenvalue weighted by atomic mass is 10.3. The van der Waals surface area contributed by atoms with Crippen molar-refractivity contribution < 1.29 is 71.0 Å². The third kappa shape index (κ3) is 6.61. The highest BCUT2D eigenvalue weighted by molar-refractivity contribution is 6.60. The first kappa shape index (κ1) is 28.2. The molecule has 0 aromatic rings. The molecule has 176 valence electrons. The molecule has 0 unspecified atom stereocenters. The molecule has 0 N–H and O–H groups in total. The van der Waals surface area contributed by atoms with Crippen molar-refractivity contribution >= 4 is 8.80 Å². The van der Waals surface area contributed by atoms with Gasteiger partial charge in [0, 0.05) is 34.0 Å². The number of hydrogen-bond donors (Lipinski definition) is 0. The SMILES string of the molecule is CO[Si](CCCOCC(F)(F)C(F)(F)OC(F)(F)C(F)(F)C(F)(F)F)(OC)OC. The van der Waals surface area contributed by atoms with Crippen molar-refractivity contribution in [3.63, 3.8) is 0 Å². The highest BCUT2D eigenvalue weighted by atomic mass is 28.4. The molecule has 0 amide bonds. The minimum atomic E-state index is -7.16. The summed E-state index contributed by atoms with van der Waals surface area (Å²) in [4.78, 5) is 0. The molecule has 0 rings (SSSR count). The zero-order chi connectivity index (χ0) is 23.4. The smallest absolute Gasteiger partial charge is 0.377 e. The van der Waals surface area contributed by atoms with Crippen LogP contribution in [0.3, 0.4) is 0 Å². The lowest BCUT2D eigenvalue weighted by molar-refractivity contribution is -0.497. The van der Waals surface area contributed by atoms with Gasteiger partial charge in [0.25, 0.3) is 0 Å². The van der Waals surface area contributed by atoms with Gasteiger partial charge in [-0.1, -0.05) is 0 Å². The van der Waals surface area contributed by atoms with Gasteiger partial charge in [0.15, 0.2) is 0 Å². The molecule has 5 nitrogen and oxygen atoms in total. The van der Waals surface area contributed by atoms with Gasteiger partial charge in [-0.15, -0.1) is 0 Å². The zero-order valence-corrected chi connectivity index (χ0v) is 16.0. The first-order chi connectivity index (χ1) is 12.8. The van der Waals surface area contributed by atoms with Crippen molar-refractivity contribution in [3.8, 4) is 0 Å². The molecule has 0 saturated heterocycles. The Morgan fingerprint density at radius 3 is 1.52 bits per heavy atom. The predicted octanol–water partition coefficient (Wildman–Crippen LogP) is 4.31. The van der Waals surface area contributed by atoms with Crippen LogP contribution < -0.4 is 0 Å². The highest BCUT2D eigenvalue weighted by Gasteiger charge is 2.78. The van der Waals surface area contributed by atoms with E-state index in [1.807, 2.05) is 4.74 Å². The Morgan fingerprint density at radius 2 is 1.14 bits per heavy atom. The van der Waals surface area contributed by atoms with E-state index in [2.05, 4.69) is 4.74 Å². The van der Waals surface area contributed by atoms with Crippen LogP contribution in [0.1, 0.15) is 6.42 Å². The van der Waals surface area contributed by atoms with E-state index in [9.17, 15) is 48.3 Å². The summed E-state index contributed by atoms with van der Waals surface area (Å²) in [6.07, 6.45) is -20.6. The maximum absolute atomic E-state index is 13.4. The van der Waals surface area contributed by atoms with Crippen molar-refractivity contribution in [2.45, 2.75) is 42.7 Å². The minimum absolute atomic E-state index is 0.0369. The Balaban J connectivity index is 4.95. The van der Waals surface area contributed by atoms with Crippen LogP contribution in [-0.2, 0) is 22.8 Å². The van der Waals surface area contributed by atoms with E-state index in [-0.39, 0.29) is 12.5 Å². The molecule has 0 atom stereocenters. The fourth-order valence-electron chi connectivity index (χ4n) is 1.70. The van der Waals surface area contributed by atoms with E-state index in [1.54, 1.807) is 0 Å². The predicted molar refractivity (Wildman–Crippen MR) is 74.0 cm³/mol. The number of ether oxygens (including phenoxy) is 2. The minimum Gasteiger partial charge on any atom is -0.377 e. The monoisotopic (exact) mass is 478 g/mol. The summed E-state index contributed by atoms with van der Waals surface area (Å²) in [7, 11) is 0.484. The summed E-state index contributed by atoms with van der Waals surface area (Å²) in [5.74, 6) is -12.8. The first-order valence-corrected chi connectivity index (χ1v) is 9.29. The molecule has 0 fully saturated rings. The number of hydrogen-bond acceptors (Lipinski definition) is 5. The lowest BCUT2D eigenvalue weighted by Gasteiger charge is -2.33. The number of alkyl halides is 11. The van der Waals surface area contributed by atoms with Crippen LogP contribution in [0.15, 0.2) is 0 Å². The van der Waals surface area contributed by atoms with Crippen LogP contribution in [0.2, 0.25) is 6.04 Å². The second-order valence-corrected chi connectivity index (χ2v) is 8.45. The van der Waals surface area contributed by atoms with E-state index in [0.29, 0.717) is 0 Å². The molecule has 0 bridgehead atoms. The van der Waals surface area contributed by atoms with Crippen molar-refractivity contribution in [2.24, 2.45) is 0 Å². The highest BCUT2D eigenvalue weighted by Crippen LogP contribution is 2.51. The second-order valence-electron chi connectivity index (χ2n) is 5.36. The molecular weight excluding hydrogens is 461 g/mol. The standard InChI is InChI=1S/C12H17F11O5Si/c1-24-29(25-2,26-3)6-4-5-27-7-8(13,14)11(20,21)28-12(22,23)9(15,16)10(17,18)19/h4-7H2,1-3H3. The topological polar surface area (TPSA) is 46.2 Å². The van der Waals surface area contributed by atoms with Crippen molar-refractivity contribution in [1.29, 1.82) is 0 Å². The lowest BCUT2D eigenvalue weighted by Crippen LogP contribution is -2.59. The van der Waals surface area contributed by atoms with Gasteiger partial charge in [-0.2, -0.15) is 48.3 Å². The van der Waals surface area contributed by atoms with Crippen LogP contribution in [0.4, 0.5) is 48.3 Å². The summed E-state index contributed by atoms with van der Waals surface area (Å²) < 4.78 is 160. The van der Waals surface area contributed by atoms with E-state index >= 15 is 0 Å². The molecule has 0 radical (unpaired) electrons. The summed E-state index contributed by atoms with van der Waals surface area (Å²) in [5, 5.41) is 0. The largest absolute Gasteiger partial charge is 0.500 e. The fraction of sp³-hybridized carbons (Fsp3) is 1.00. The van der Waals surface area contributed by atoms with Crippen LogP contribution in [-0.4, -0.2) is 73.6 Å². The van der Waals surface area contributed by atoms with E-state index < -0.39 is 52.3 Å². The van der Waals surface area contributed by atoms with Crippen molar-refractivity contribution in [3.05, 3.63) is 0 Å². The summed E-state index contributed by atoms with van der Waals surface area (Å²) in [6, 6.07) is -0.0369. The Hall–Kier alpha value is -0.753. The summed E-state index contributed by atoms with van der Waals surface area (Å²) in [6.45, 7) is -3.01. The molecule has 0 spiro atoms. The first-order valence-electron chi connectivity index (χ1n) is 7.36. The normalized spacial score (nSPS) is 15.1. The molecule has 0 aliphatic carbocycles. The third-order valence-electron chi connectivity index (χ3n) is 3.39. The molecule has 0 heterocycles. The van der Waals surface area contributed by atoms with E-state index in [0.717, 1.165) is 0 Å². The fourth-order valence-corrected chi connectivity index (χ4v) is 3.39. The van der Waals surface area contributed by atoms with E-state index in [4.69, 9.17) is 13.3 Å². The zero-order valence-electron chi connectivity index (χ0n) is 15.0. The quantitative estimate of drug-likeness (QED) is 0.224. The molecule has 17 heteroatoms. The molecule has 0 aliphatic heterocycles. The van der Waals surface area contributed by atoms with Gasteiger partial charge in [0.1, 0.15) is 6.61 Å². The van der Waals surface area contributed by atoms with Crippen molar-refractivity contribution in [2.75, 3.05) is 34.5 Å². The van der Waals surface area contributed by atoms with Gasteiger partial charge in [0.2, 0.25) is 0 Å². The van der Waals surface area contributed by atoms with E-state index in [1.165, 1.54) is 21.3 Å². The van der Waals surface area contributed by atoms with Gasteiger partial charge < -0.3 is 18.0 Å². The third-order valence-corrected chi connectivity index (χ3v) is 6.22. The maximum Gasteiger partial charge on any atom is 0.500 e. The van der Waals surface area contributed by atoms with Gasteiger partial charge >= 0.3 is 39.0 Å². The average molecular weight is 478 g/mol. The average Bonchev–Trinajstić information content (AvgIpc) is 2.56.